The molecule has 1 aromatic heterocycles. The predicted molar refractivity (Wildman–Crippen MR) is 76.1 cm³/mol. The van der Waals surface area contributed by atoms with Crippen molar-refractivity contribution in [2.45, 2.75) is 56.9 Å². The Labute approximate surface area is 123 Å². The minimum absolute atomic E-state index is 0.0309. The molecular weight excluding hydrogens is 270 g/mol. The lowest BCUT2D eigenvalue weighted by molar-refractivity contribution is -0.137. The van der Waals surface area contributed by atoms with E-state index in [1.165, 1.54) is 12.8 Å². The summed E-state index contributed by atoms with van der Waals surface area (Å²) in [6.45, 7) is 0.703. The molecule has 6 nitrogen and oxygen atoms in total. The SMILES string of the molecule is O=C(O)CC[C@@H]1CCCCN1C(=O)c1cc(C2CC2)[nH]n1. The van der Waals surface area contributed by atoms with Gasteiger partial charge in [-0.05, 0) is 44.6 Å². The lowest BCUT2D eigenvalue weighted by Gasteiger charge is -2.35. The minimum Gasteiger partial charge on any atom is -0.481 e. The van der Waals surface area contributed by atoms with E-state index in [9.17, 15) is 9.59 Å². The number of aliphatic carboxylic acids is 1. The molecule has 2 heterocycles. The van der Waals surface area contributed by atoms with Crippen LogP contribution in [0.3, 0.4) is 0 Å². The molecule has 0 aromatic carbocycles. The third-order valence-electron chi connectivity index (χ3n) is 4.41. The first kappa shape index (κ1) is 14.1. The van der Waals surface area contributed by atoms with Crippen LogP contribution < -0.4 is 0 Å². The fraction of sp³-hybridized carbons (Fsp3) is 0.667. The van der Waals surface area contributed by atoms with Gasteiger partial charge in [-0.2, -0.15) is 5.10 Å². The monoisotopic (exact) mass is 291 g/mol. The number of hydrogen-bond donors (Lipinski definition) is 2. The van der Waals surface area contributed by atoms with Gasteiger partial charge in [0.25, 0.3) is 5.91 Å². The number of hydrogen-bond acceptors (Lipinski definition) is 3. The van der Waals surface area contributed by atoms with Gasteiger partial charge in [0.2, 0.25) is 0 Å². The van der Waals surface area contributed by atoms with Crippen LogP contribution in [0.25, 0.3) is 0 Å². The first-order valence-electron chi connectivity index (χ1n) is 7.73. The van der Waals surface area contributed by atoms with Crippen LogP contribution in [-0.2, 0) is 4.79 Å². The van der Waals surface area contributed by atoms with Crippen LogP contribution in [0.1, 0.15) is 67.0 Å². The van der Waals surface area contributed by atoms with E-state index in [-0.39, 0.29) is 18.4 Å². The number of carboxylic acid groups (broad SMARTS) is 1. The van der Waals surface area contributed by atoms with Crippen LogP contribution in [0, 0.1) is 0 Å². The molecule has 3 rings (SSSR count). The topological polar surface area (TPSA) is 86.3 Å². The van der Waals surface area contributed by atoms with Crippen LogP contribution in [0.4, 0.5) is 0 Å². The molecule has 21 heavy (non-hydrogen) atoms. The molecule has 1 atom stereocenters. The van der Waals surface area contributed by atoms with Crippen LogP contribution in [-0.4, -0.2) is 44.7 Å². The number of amides is 1. The van der Waals surface area contributed by atoms with E-state index < -0.39 is 5.97 Å². The average molecular weight is 291 g/mol. The third-order valence-corrected chi connectivity index (χ3v) is 4.41. The van der Waals surface area contributed by atoms with Crippen molar-refractivity contribution in [1.29, 1.82) is 0 Å². The van der Waals surface area contributed by atoms with Gasteiger partial charge in [-0.3, -0.25) is 14.7 Å². The van der Waals surface area contributed by atoms with Crippen LogP contribution in [0.2, 0.25) is 0 Å². The van der Waals surface area contributed by atoms with Gasteiger partial charge in [-0.25, -0.2) is 0 Å². The third kappa shape index (κ3) is 3.25. The summed E-state index contributed by atoms with van der Waals surface area (Å²) in [6.07, 6.45) is 5.90. The van der Waals surface area contributed by atoms with Crippen molar-refractivity contribution in [1.82, 2.24) is 15.1 Å². The molecule has 1 saturated heterocycles. The Morgan fingerprint density at radius 1 is 1.33 bits per heavy atom. The highest BCUT2D eigenvalue weighted by molar-refractivity contribution is 5.92. The number of nitrogens with zero attached hydrogens (tertiary/aromatic N) is 2. The number of aromatic nitrogens is 2. The molecule has 114 valence electrons. The quantitative estimate of drug-likeness (QED) is 0.870. The smallest absolute Gasteiger partial charge is 0.303 e. The number of piperidine rings is 1. The van der Waals surface area contributed by atoms with Crippen molar-refractivity contribution in [3.8, 4) is 0 Å². The number of carbonyl (C=O) groups is 2. The molecule has 1 amide bonds. The van der Waals surface area contributed by atoms with Crippen molar-refractivity contribution in [2.75, 3.05) is 6.54 Å². The van der Waals surface area contributed by atoms with Crippen molar-refractivity contribution in [2.24, 2.45) is 0 Å². The van der Waals surface area contributed by atoms with Crippen molar-refractivity contribution in [3.63, 3.8) is 0 Å². The van der Waals surface area contributed by atoms with E-state index in [4.69, 9.17) is 5.11 Å². The first-order chi connectivity index (χ1) is 10.1. The maximum atomic E-state index is 12.6. The second-order valence-electron chi connectivity index (χ2n) is 6.06. The van der Waals surface area contributed by atoms with Gasteiger partial charge in [0.1, 0.15) is 5.69 Å². The molecule has 0 radical (unpaired) electrons. The van der Waals surface area contributed by atoms with Gasteiger partial charge in [0.05, 0.1) is 0 Å². The normalized spacial score (nSPS) is 22.3. The molecule has 0 unspecified atom stereocenters. The average Bonchev–Trinajstić information content (AvgIpc) is 3.22. The number of rotatable bonds is 5. The maximum absolute atomic E-state index is 12.6. The summed E-state index contributed by atoms with van der Waals surface area (Å²) in [6, 6.07) is 1.89. The fourth-order valence-corrected chi connectivity index (χ4v) is 3.05. The standard InChI is InChI=1S/C15H21N3O3/c19-14(20)7-6-11-3-1-2-8-18(11)15(21)13-9-12(16-17-13)10-4-5-10/h9-11H,1-8H2,(H,16,17)(H,19,20)/t11-/m0/s1. The zero-order valence-electron chi connectivity index (χ0n) is 12.0. The Kier molecular flexibility index (Phi) is 3.94. The Bertz CT molecular complexity index is 536. The molecule has 2 fully saturated rings. The largest absolute Gasteiger partial charge is 0.481 e. The number of carbonyl (C=O) groups excluding carboxylic acids is 1. The molecule has 2 aliphatic rings. The second-order valence-corrected chi connectivity index (χ2v) is 6.06. The lowest BCUT2D eigenvalue weighted by Crippen LogP contribution is -2.44. The fourth-order valence-electron chi connectivity index (χ4n) is 3.05. The van der Waals surface area contributed by atoms with Gasteiger partial charge >= 0.3 is 5.97 Å². The van der Waals surface area contributed by atoms with Gasteiger partial charge in [0, 0.05) is 30.6 Å². The van der Waals surface area contributed by atoms with Gasteiger partial charge in [0.15, 0.2) is 0 Å². The predicted octanol–water partition coefficient (Wildman–Crippen LogP) is 2.15. The summed E-state index contributed by atoms with van der Waals surface area (Å²) in [7, 11) is 0. The molecule has 1 saturated carbocycles. The molecule has 1 aromatic rings. The maximum Gasteiger partial charge on any atom is 0.303 e. The molecular formula is C15H21N3O3. The molecule has 1 aliphatic carbocycles. The Morgan fingerprint density at radius 3 is 2.86 bits per heavy atom. The van der Waals surface area contributed by atoms with Crippen molar-refractivity contribution in [3.05, 3.63) is 17.5 Å². The molecule has 0 spiro atoms. The van der Waals surface area contributed by atoms with Gasteiger partial charge in [-0.1, -0.05) is 0 Å². The van der Waals surface area contributed by atoms with Crippen LogP contribution in [0.5, 0.6) is 0 Å². The molecule has 6 heteroatoms. The summed E-state index contributed by atoms with van der Waals surface area (Å²) in [5.41, 5.74) is 1.52. The van der Waals surface area contributed by atoms with Crippen molar-refractivity contribution >= 4 is 11.9 Å². The number of aromatic amines is 1. The lowest BCUT2D eigenvalue weighted by atomic mass is 9.97. The summed E-state index contributed by atoms with van der Waals surface area (Å²) in [5.74, 6) is -0.319. The molecule has 0 bridgehead atoms. The van der Waals surface area contributed by atoms with Crippen molar-refractivity contribution < 1.29 is 14.7 Å². The highest BCUT2D eigenvalue weighted by atomic mass is 16.4. The van der Waals surface area contributed by atoms with E-state index in [1.54, 1.807) is 0 Å². The summed E-state index contributed by atoms with van der Waals surface area (Å²) in [5, 5.41) is 15.9. The molecule has 1 aliphatic heterocycles. The van der Waals surface area contributed by atoms with E-state index in [0.29, 0.717) is 24.6 Å². The van der Waals surface area contributed by atoms with E-state index in [1.807, 2.05) is 11.0 Å². The number of nitrogens with one attached hydrogen (secondary N) is 1. The number of carboxylic acids is 1. The van der Waals surface area contributed by atoms with E-state index in [0.717, 1.165) is 25.0 Å². The second kappa shape index (κ2) is 5.87. The van der Waals surface area contributed by atoms with Gasteiger partial charge < -0.3 is 10.0 Å². The van der Waals surface area contributed by atoms with Crippen LogP contribution >= 0.6 is 0 Å². The number of likely N-dealkylation sites (tertiary alicyclic amines) is 1. The first-order valence-corrected chi connectivity index (χ1v) is 7.73. The zero-order valence-corrected chi connectivity index (χ0v) is 12.0. The van der Waals surface area contributed by atoms with E-state index in [2.05, 4.69) is 10.2 Å². The van der Waals surface area contributed by atoms with E-state index >= 15 is 0 Å². The molecule has 2 N–H and O–H groups in total. The summed E-state index contributed by atoms with van der Waals surface area (Å²) >= 11 is 0. The Morgan fingerprint density at radius 2 is 2.14 bits per heavy atom. The highest BCUT2D eigenvalue weighted by Crippen LogP contribution is 2.39. The summed E-state index contributed by atoms with van der Waals surface area (Å²) < 4.78 is 0. The minimum atomic E-state index is -0.802. The Balaban J connectivity index is 1.68. The highest BCUT2D eigenvalue weighted by Gasteiger charge is 2.31. The summed E-state index contributed by atoms with van der Waals surface area (Å²) in [4.78, 5) is 25.2. The Hall–Kier alpha value is -1.85. The number of H-pyrrole nitrogens is 1. The zero-order chi connectivity index (χ0) is 14.8. The van der Waals surface area contributed by atoms with Crippen LogP contribution in [0.15, 0.2) is 6.07 Å². The van der Waals surface area contributed by atoms with Gasteiger partial charge in [-0.15, -0.1) is 0 Å².